The van der Waals surface area contributed by atoms with Crippen molar-refractivity contribution in [3.8, 4) is 0 Å². The fourth-order valence-electron chi connectivity index (χ4n) is 1.51. The van der Waals surface area contributed by atoms with Gasteiger partial charge in [0.1, 0.15) is 11.0 Å². The van der Waals surface area contributed by atoms with Gasteiger partial charge in [-0.3, -0.25) is 9.59 Å². The van der Waals surface area contributed by atoms with Gasteiger partial charge < -0.3 is 15.0 Å². The summed E-state index contributed by atoms with van der Waals surface area (Å²) < 4.78 is 5.93. The van der Waals surface area contributed by atoms with Crippen molar-refractivity contribution in [3.63, 3.8) is 0 Å². The van der Waals surface area contributed by atoms with E-state index >= 15 is 0 Å². The van der Waals surface area contributed by atoms with Gasteiger partial charge >= 0.3 is 5.97 Å². The third-order valence-corrected chi connectivity index (χ3v) is 3.36. The molecule has 1 aromatic heterocycles. The molecular weight excluding hydrogens is 328 g/mol. The Hall–Kier alpha value is -1.41. The maximum absolute atomic E-state index is 12.0. The van der Waals surface area contributed by atoms with Gasteiger partial charge in [0, 0.05) is 6.54 Å². The first-order valence-corrected chi connectivity index (χ1v) is 6.96. The monoisotopic (exact) mass is 346 g/mol. The first-order chi connectivity index (χ1) is 9.45. The van der Waals surface area contributed by atoms with Crippen LogP contribution in [0.4, 0.5) is 5.69 Å². The van der Waals surface area contributed by atoms with Gasteiger partial charge in [0.05, 0.1) is 19.0 Å². The summed E-state index contributed by atoms with van der Waals surface area (Å²) in [6.45, 7) is 1.49. The van der Waals surface area contributed by atoms with Gasteiger partial charge in [-0.15, -0.1) is 0 Å². The van der Waals surface area contributed by atoms with Crippen molar-refractivity contribution in [3.05, 3.63) is 21.0 Å². The molecule has 1 heterocycles. The Balaban J connectivity index is 2.69. The minimum Gasteiger partial charge on any atom is -0.468 e. The number of halogens is 1. The average molecular weight is 347 g/mol. The molecule has 20 heavy (non-hydrogen) atoms. The Morgan fingerprint density at radius 1 is 1.55 bits per heavy atom. The lowest BCUT2D eigenvalue weighted by Gasteiger charge is -2.12. The summed E-state index contributed by atoms with van der Waals surface area (Å²) in [5.41, 5.74) is 0.253. The van der Waals surface area contributed by atoms with Crippen LogP contribution in [-0.2, 0) is 16.1 Å². The van der Waals surface area contributed by atoms with Crippen LogP contribution in [0.2, 0.25) is 0 Å². The Morgan fingerprint density at radius 2 is 2.25 bits per heavy atom. The molecule has 0 bridgehead atoms. The van der Waals surface area contributed by atoms with E-state index in [1.54, 1.807) is 0 Å². The van der Waals surface area contributed by atoms with E-state index in [4.69, 9.17) is 0 Å². The van der Waals surface area contributed by atoms with Gasteiger partial charge in [0.15, 0.2) is 0 Å². The molecule has 0 amide bonds. The minimum atomic E-state index is -0.516. The summed E-state index contributed by atoms with van der Waals surface area (Å²) in [7, 11) is 5.28. The molecular formula is C12H19BrN4O3. The van der Waals surface area contributed by atoms with E-state index in [9.17, 15) is 9.59 Å². The Bertz CT molecular complexity index is 516. The summed E-state index contributed by atoms with van der Waals surface area (Å²) in [5, 5.41) is 7.08. The molecule has 0 saturated heterocycles. The van der Waals surface area contributed by atoms with E-state index in [0.717, 1.165) is 24.2 Å². The number of rotatable bonds is 7. The van der Waals surface area contributed by atoms with Crippen LogP contribution in [0.25, 0.3) is 0 Å². The lowest BCUT2D eigenvalue weighted by molar-refractivity contribution is -0.141. The summed E-state index contributed by atoms with van der Waals surface area (Å²) in [4.78, 5) is 25.2. The Morgan fingerprint density at radius 3 is 2.85 bits per heavy atom. The average Bonchev–Trinajstić information content (AvgIpc) is 2.41. The van der Waals surface area contributed by atoms with Crippen molar-refractivity contribution < 1.29 is 9.53 Å². The molecule has 0 unspecified atom stereocenters. The number of carbonyl (C=O) groups excluding carboxylic acids is 1. The highest BCUT2D eigenvalue weighted by Crippen LogP contribution is 2.15. The SMILES string of the molecule is COC(=O)Cn1ncc(NCCCN(C)C)c(Br)c1=O. The Kier molecular flexibility index (Phi) is 6.66. The van der Waals surface area contributed by atoms with E-state index in [-0.39, 0.29) is 12.1 Å². The molecule has 1 rings (SSSR count). The van der Waals surface area contributed by atoms with Crippen molar-refractivity contribution in [1.29, 1.82) is 0 Å². The molecule has 0 saturated carbocycles. The topological polar surface area (TPSA) is 76.5 Å². The van der Waals surface area contributed by atoms with Gasteiger partial charge in [0.25, 0.3) is 5.56 Å². The van der Waals surface area contributed by atoms with Crippen molar-refractivity contribution >= 4 is 27.6 Å². The summed E-state index contributed by atoms with van der Waals surface area (Å²) in [6.07, 6.45) is 2.47. The van der Waals surface area contributed by atoms with Crippen LogP contribution in [0.1, 0.15) is 6.42 Å². The van der Waals surface area contributed by atoms with Gasteiger partial charge in [-0.2, -0.15) is 5.10 Å². The quantitative estimate of drug-likeness (QED) is 0.573. The molecule has 1 N–H and O–H groups in total. The molecule has 7 nitrogen and oxygen atoms in total. The molecule has 0 aliphatic carbocycles. The normalized spacial score (nSPS) is 10.7. The van der Waals surface area contributed by atoms with Crippen LogP contribution in [-0.4, -0.2) is 54.9 Å². The second kappa shape index (κ2) is 8.01. The van der Waals surface area contributed by atoms with E-state index in [1.807, 2.05) is 14.1 Å². The zero-order valence-electron chi connectivity index (χ0n) is 11.9. The molecule has 0 aliphatic heterocycles. The first kappa shape index (κ1) is 16.6. The van der Waals surface area contributed by atoms with Crippen LogP contribution in [0.15, 0.2) is 15.5 Å². The number of esters is 1. The maximum Gasteiger partial charge on any atom is 0.327 e. The molecule has 0 aromatic carbocycles. The second-order valence-electron chi connectivity index (χ2n) is 4.49. The van der Waals surface area contributed by atoms with E-state index < -0.39 is 5.97 Å². The predicted molar refractivity (Wildman–Crippen MR) is 79.9 cm³/mol. The van der Waals surface area contributed by atoms with Gasteiger partial charge in [-0.05, 0) is 43.0 Å². The fraction of sp³-hybridized carbons (Fsp3) is 0.583. The molecule has 0 aliphatic rings. The highest BCUT2D eigenvalue weighted by Gasteiger charge is 2.11. The van der Waals surface area contributed by atoms with Crippen LogP contribution >= 0.6 is 15.9 Å². The van der Waals surface area contributed by atoms with Crippen LogP contribution in [0.5, 0.6) is 0 Å². The second-order valence-corrected chi connectivity index (χ2v) is 5.29. The third kappa shape index (κ3) is 4.93. The summed E-state index contributed by atoms with van der Waals surface area (Å²) in [6, 6.07) is 0. The zero-order valence-corrected chi connectivity index (χ0v) is 13.4. The van der Waals surface area contributed by atoms with Crippen molar-refractivity contribution in [2.24, 2.45) is 0 Å². The van der Waals surface area contributed by atoms with Crippen molar-refractivity contribution in [1.82, 2.24) is 14.7 Å². The number of nitrogens with one attached hydrogen (secondary N) is 1. The van der Waals surface area contributed by atoms with E-state index in [0.29, 0.717) is 10.2 Å². The predicted octanol–water partition coefficient (Wildman–Crippen LogP) is 0.542. The number of ether oxygens (including phenoxy) is 1. The Labute approximate surface area is 126 Å². The highest BCUT2D eigenvalue weighted by atomic mass is 79.9. The van der Waals surface area contributed by atoms with Gasteiger partial charge in [0.2, 0.25) is 0 Å². The van der Waals surface area contributed by atoms with Gasteiger partial charge in [-0.25, -0.2) is 4.68 Å². The zero-order chi connectivity index (χ0) is 15.1. The molecule has 0 fully saturated rings. The lowest BCUT2D eigenvalue weighted by atomic mass is 10.3. The molecule has 0 spiro atoms. The van der Waals surface area contributed by atoms with Gasteiger partial charge in [-0.1, -0.05) is 0 Å². The highest BCUT2D eigenvalue weighted by molar-refractivity contribution is 9.10. The van der Waals surface area contributed by atoms with Crippen molar-refractivity contribution in [2.45, 2.75) is 13.0 Å². The van der Waals surface area contributed by atoms with Crippen LogP contribution in [0.3, 0.4) is 0 Å². The minimum absolute atomic E-state index is 0.200. The first-order valence-electron chi connectivity index (χ1n) is 6.16. The molecule has 0 radical (unpaired) electrons. The summed E-state index contributed by atoms with van der Waals surface area (Å²) >= 11 is 3.23. The van der Waals surface area contributed by atoms with Crippen LogP contribution in [0, 0.1) is 0 Å². The number of hydrogen-bond acceptors (Lipinski definition) is 6. The number of carbonyl (C=O) groups is 1. The van der Waals surface area contributed by atoms with E-state index in [1.165, 1.54) is 13.3 Å². The lowest BCUT2D eigenvalue weighted by Crippen LogP contribution is -2.28. The number of anilines is 1. The standard InChI is InChI=1S/C12H19BrN4O3/c1-16(2)6-4-5-14-9-7-15-17(8-10(18)20-3)12(19)11(9)13/h7,14H,4-6,8H2,1-3H3. The van der Waals surface area contributed by atoms with Crippen LogP contribution < -0.4 is 10.9 Å². The number of nitrogens with zero attached hydrogens (tertiary/aromatic N) is 3. The molecule has 1 aromatic rings. The molecule has 8 heteroatoms. The number of methoxy groups -OCH3 is 1. The number of hydrogen-bond donors (Lipinski definition) is 1. The smallest absolute Gasteiger partial charge is 0.327 e. The molecule has 0 atom stereocenters. The molecule has 112 valence electrons. The maximum atomic E-state index is 12.0. The number of aromatic nitrogens is 2. The fourth-order valence-corrected chi connectivity index (χ4v) is 1.95. The van der Waals surface area contributed by atoms with Crippen molar-refractivity contribution in [2.75, 3.05) is 39.6 Å². The third-order valence-electron chi connectivity index (χ3n) is 2.59. The largest absolute Gasteiger partial charge is 0.468 e. The van der Waals surface area contributed by atoms with E-state index in [2.05, 4.69) is 36.0 Å². The summed E-state index contributed by atoms with van der Waals surface area (Å²) in [5.74, 6) is -0.516.